The number of hydrogen-bond donors (Lipinski definition) is 2. The number of nitrogens with two attached hydrogens (primary N) is 1. The summed E-state index contributed by atoms with van der Waals surface area (Å²) in [7, 11) is 3.48. The molecule has 0 saturated heterocycles. The molecule has 20 heavy (non-hydrogen) atoms. The van der Waals surface area contributed by atoms with Gasteiger partial charge in [-0.3, -0.25) is 9.25 Å². The number of aromatic nitrogens is 6. The predicted octanol–water partition coefficient (Wildman–Crippen LogP) is -0.803. The molecule has 0 radical (unpaired) electrons. The molecule has 0 atom stereocenters. The Morgan fingerprint density at radius 3 is 2.75 bits per heavy atom. The van der Waals surface area contributed by atoms with Gasteiger partial charge in [-0.05, 0) is 0 Å². The lowest BCUT2D eigenvalue weighted by molar-refractivity contribution is 0.686. The number of nitrogens with zero attached hydrogens (tertiary/aromatic N) is 6. The molecule has 0 aliphatic carbocycles. The highest BCUT2D eigenvalue weighted by Gasteiger charge is 2.12. The molecule has 0 spiro atoms. The maximum absolute atomic E-state index is 11.8. The molecular weight excluding hydrogens is 260 g/mol. The average Bonchev–Trinajstić information content (AvgIpc) is 2.96. The van der Waals surface area contributed by atoms with Crippen molar-refractivity contribution in [3.63, 3.8) is 0 Å². The molecule has 0 aromatic carbocycles. The molecule has 104 valence electrons. The van der Waals surface area contributed by atoms with E-state index >= 15 is 0 Å². The van der Waals surface area contributed by atoms with Crippen molar-refractivity contribution < 1.29 is 0 Å². The standard InChI is InChI=1S/C11H14N8O/c1-17-3-4-19(11(17)20)6-8-14-9(16-12)7-5-13-18(2)10(7)15-8/h3-5H,6,12H2,1-2H3,(H,14,15,16). The topological polar surface area (TPSA) is 109 Å². The van der Waals surface area contributed by atoms with Gasteiger partial charge in [0.2, 0.25) is 0 Å². The van der Waals surface area contributed by atoms with E-state index in [2.05, 4.69) is 20.5 Å². The summed E-state index contributed by atoms with van der Waals surface area (Å²) < 4.78 is 4.65. The molecule has 3 rings (SSSR count). The number of anilines is 1. The molecule has 3 heterocycles. The van der Waals surface area contributed by atoms with Gasteiger partial charge in [0.05, 0.1) is 18.1 Å². The van der Waals surface area contributed by atoms with Crippen molar-refractivity contribution in [2.24, 2.45) is 19.9 Å². The van der Waals surface area contributed by atoms with Crippen molar-refractivity contribution in [2.45, 2.75) is 6.54 Å². The van der Waals surface area contributed by atoms with Crippen LogP contribution >= 0.6 is 0 Å². The number of hydrazine groups is 1. The first-order valence-electron chi connectivity index (χ1n) is 5.97. The molecule has 9 heteroatoms. The summed E-state index contributed by atoms with van der Waals surface area (Å²) in [5.74, 6) is 6.45. The molecule has 0 saturated carbocycles. The minimum atomic E-state index is -0.124. The second kappa shape index (κ2) is 4.46. The lowest BCUT2D eigenvalue weighted by atomic mass is 10.4. The van der Waals surface area contributed by atoms with Crippen molar-refractivity contribution in [2.75, 3.05) is 5.43 Å². The molecule has 0 unspecified atom stereocenters. The van der Waals surface area contributed by atoms with Crippen molar-refractivity contribution in [3.05, 3.63) is 34.9 Å². The average molecular weight is 274 g/mol. The second-order valence-electron chi connectivity index (χ2n) is 4.46. The third-order valence-corrected chi connectivity index (χ3v) is 3.10. The van der Waals surface area contributed by atoms with Crippen LogP contribution in [0, 0.1) is 0 Å². The third kappa shape index (κ3) is 1.84. The number of hydrogen-bond acceptors (Lipinski definition) is 6. The van der Waals surface area contributed by atoms with Gasteiger partial charge in [-0.2, -0.15) is 5.10 Å². The van der Waals surface area contributed by atoms with E-state index in [1.807, 2.05) is 0 Å². The van der Waals surface area contributed by atoms with Crippen LogP contribution in [0.5, 0.6) is 0 Å². The number of aryl methyl sites for hydroxylation is 2. The van der Waals surface area contributed by atoms with Crippen LogP contribution in [0.3, 0.4) is 0 Å². The van der Waals surface area contributed by atoms with E-state index in [1.165, 1.54) is 9.13 Å². The van der Waals surface area contributed by atoms with Crippen LogP contribution in [0.1, 0.15) is 5.82 Å². The summed E-state index contributed by atoms with van der Waals surface area (Å²) >= 11 is 0. The van der Waals surface area contributed by atoms with Gasteiger partial charge in [0.15, 0.2) is 17.3 Å². The zero-order valence-corrected chi connectivity index (χ0v) is 11.1. The van der Waals surface area contributed by atoms with Crippen molar-refractivity contribution >= 4 is 16.9 Å². The summed E-state index contributed by atoms with van der Waals surface area (Å²) in [6, 6.07) is 0. The number of nitrogen functional groups attached to an aromatic ring is 1. The molecule has 3 aromatic rings. The molecular formula is C11H14N8O. The number of fused-ring (bicyclic) bond motifs is 1. The molecule has 0 fully saturated rings. The van der Waals surface area contributed by atoms with Crippen LogP contribution in [0.2, 0.25) is 0 Å². The lowest BCUT2D eigenvalue weighted by Crippen LogP contribution is -2.23. The maximum Gasteiger partial charge on any atom is 0.328 e. The lowest BCUT2D eigenvalue weighted by Gasteiger charge is -2.06. The van der Waals surface area contributed by atoms with Gasteiger partial charge in [-0.1, -0.05) is 0 Å². The highest BCUT2D eigenvalue weighted by Crippen LogP contribution is 2.18. The van der Waals surface area contributed by atoms with E-state index in [1.54, 1.807) is 37.4 Å². The van der Waals surface area contributed by atoms with E-state index in [0.717, 1.165) is 5.39 Å². The second-order valence-corrected chi connectivity index (χ2v) is 4.46. The number of rotatable bonds is 3. The summed E-state index contributed by atoms with van der Waals surface area (Å²) in [4.78, 5) is 20.5. The summed E-state index contributed by atoms with van der Waals surface area (Å²) in [5, 5.41) is 4.86. The van der Waals surface area contributed by atoms with Gasteiger partial charge < -0.3 is 9.99 Å². The van der Waals surface area contributed by atoms with Crippen LogP contribution in [-0.2, 0) is 20.6 Å². The van der Waals surface area contributed by atoms with E-state index in [0.29, 0.717) is 17.3 Å². The van der Waals surface area contributed by atoms with Crippen molar-refractivity contribution in [1.29, 1.82) is 0 Å². The van der Waals surface area contributed by atoms with E-state index < -0.39 is 0 Å². The fourth-order valence-corrected chi connectivity index (χ4v) is 2.03. The smallest absolute Gasteiger partial charge is 0.308 e. The van der Waals surface area contributed by atoms with E-state index in [4.69, 9.17) is 5.84 Å². The Labute approximate surface area is 113 Å². The fraction of sp³-hybridized carbons (Fsp3) is 0.273. The zero-order valence-electron chi connectivity index (χ0n) is 11.1. The van der Waals surface area contributed by atoms with Gasteiger partial charge in [0, 0.05) is 26.5 Å². The monoisotopic (exact) mass is 274 g/mol. The SMILES string of the molecule is Cn1ccn(Cc2nc(NN)c3cnn(C)c3n2)c1=O. The van der Waals surface area contributed by atoms with Gasteiger partial charge in [-0.25, -0.2) is 20.6 Å². The van der Waals surface area contributed by atoms with Gasteiger partial charge in [0.25, 0.3) is 0 Å². The van der Waals surface area contributed by atoms with Crippen LogP contribution in [0.4, 0.5) is 5.82 Å². The Morgan fingerprint density at radius 1 is 1.30 bits per heavy atom. The fourth-order valence-electron chi connectivity index (χ4n) is 2.03. The molecule has 0 aliphatic rings. The highest BCUT2D eigenvalue weighted by molar-refractivity contribution is 5.86. The normalized spacial score (nSPS) is 11.2. The Balaban J connectivity index is 2.10. The summed E-state index contributed by atoms with van der Waals surface area (Å²) in [5.41, 5.74) is 3.07. The third-order valence-electron chi connectivity index (χ3n) is 3.10. The van der Waals surface area contributed by atoms with Crippen LogP contribution in [0.15, 0.2) is 23.4 Å². The van der Waals surface area contributed by atoms with Crippen molar-refractivity contribution in [1.82, 2.24) is 28.9 Å². The minimum absolute atomic E-state index is 0.124. The molecule has 0 amide bonds. The van der Waals surface area contributed by atoms with Crippen LogP contribution in [0.25, 0.3) is 11.0 Å². The quantitative estimate of drug-likeness (QED) is 0.478. The summed E-state index contributed by atoms with van der Waals surface area (Å²) in [6.07, 6.45) is 5.02. The van der Waals surface area contributed by atoms with Crippen LogP contribution in [-0.4, -0.2) is 28.9 Å². The van der Waals surface area contributed by atoms with E-state index in [9.17, 15) is 4.79 Å². The Hall–Kier alpha value is -2.68. The minimum Gasteiger partial charge on any atom is -0.308 e. The molecule has 3 aromatic heterocycles. The van der Waals surface area contributed by atoms with Gasteiger partial charge >= 0.3 is 5.69 Å². The first-order chi connectivity index (χ1) is 9.60. The zero-order chi connectivity index (χ0) is 14.3. The maximum atomic E-state index is 11.8. The Morgan fingerprint density at radius 2 is 2.10 bits per heavy atom. The summed E-state index contributed by atoms with van der Waals surface area (Å²) in [6.45, 7) is 0.273. The first kappa shape index (κ1) is 12.4. The predicted molar refractivity (Wildman–Crippen MR) is 72.9 cm³/mol. The Kier molecular flexibility index (Phi) is 2.75. The number of imidazole rings is 1. The van der Waals surface area contributed by atoms with Gasteiger partial charge in [0.1, 0.15) is 0 Å². The molecule has 3 N–H and O–H groups in total. The first-order valence-corrected chi connectivity index (χ1v) is 5.97. The van der Waals surface area contributed by atoms with E-state index in [-0.39, 0.29) is 12.2 Å². The Bertz CT molecular complexity index is 827. The largest absolute Gasteiger partial charge is 0.328 e. The molecule has 0 aliphatic heterocycles. The molecule has 9 nitrogen and oxygen atoms in total. The highest BCUT2D eigenvalue weighted by atomic mass is 16.1. The van der Waals surface area contributed by atoms with Crippen molar-refractivity contribution in [3.8, 4) is 0 Å². The molecule has 0 bridgehead atoms. The van der Waals surface area contributed by atoms with Crippen LogP contribution < -0.4 is 17.0 Å². The van der Waals surface area contributed by atoms with Gasteiger partial charge in [-0.15, -0.1) is 0 Å². The number of nitrogens with one attached hydrogen (secondary N) is 1.